The molecule has 1 aliphatic heterocycles. The van der Waals surface area contributed by atoms with Crippen LogP contribution in [0.2, 0.25) is 0 Å². The lowest BCUT2D eigenvalue weighted by atomic mass is 9.95. The maximum absolute atomic E-state index is 13.7. The number of fused-ring (bicyclic) bond motifs is 2. The number of pyridine rings is 2. The van der Waals surface area contributed by atoms with Crippen molar-refractivity contribution in [3.8, 4) is 0 Å². The Morgan fingerprint density at radius 3 is 2.70 bits per heavy atom. The largest absolute Gasteiger partial charge is 0.322 e. The third kappa shape index (κ3) is 4.45. The summed E-state index contributed by atoms with van der Waals surface area (Å²) in [4.78, 5) is 24.9. The lowest BCUT2D eigenvalue weighted by Crippen LogP contribution is -2.34. The minimum absolute atomic E-state index is 0.205. The number of nitrogens with zero attached hydrogens (tertiary/aromatic N) is 3. The molecule has 2 aromatic carbocycles. The molecule has 1 amide bonds. The monoisotopic (exact) mass is 444 g/mol. The second kappa shape index (κ2) is 9.03. The van der Waals surface area contributed by atoms with Crippen LogP contribution in [-0.2, 0) is 19.4 Å². The quantitative estimate of drug-likeness (QED) is 0.482. The number of rotatable bonds is 5. The lowest BCUT2D eigenvalue weighted by Gasteiger charge is -2.30. The highest BCUT2D eigenvalue weighted by Crippen LogP contribution is 2.29. The molecular weight excluding hydrogens is 422 g/mol. The van der Waals surface area contributed by atoms with Gasteiger partial charge in [-0.05, 0) is 30.3 Å². The van der Waals surface area contributed by atoms with Gasteiger partial charge in [-0.2, -0.15) is 0 Å². The molecule has 0 fully saturated rings. The van der Waals surface area contributed by atoms with Crippen LogP contribution in [0.5, 0.6) is 0 Å². The molecule has 166 valence electrons. The Morgan fingerprint density at radius 2 is 1.88 bits per heavy atom. The first kappa shape index (κ1) is 21.2. The molecule has 0 saturated heterocycles. The van der Waals surface area contributed by atoms with E-state index in [0.717, 1.165) is 65.9 Å². The molecule has 0 spiro atoms. The Balaban J connectivity index is 1.47. The van der Waals surface area contributed by atoms with Crippen LogP contribution in [-0.4, -0.2) is 33.9 Å². The average Bonchev–Trinajstić information content (AvgIpc) is 2.84. The highest BCUT2D eigenvalue weighted by atomic mass is 19.2. The minimum atomic E-state index is -1.00. The van der Waals surface area contributed by atoms with Crippen LogP contribution in [0.3, 0.4) is 0 Å². The summed E-state index contributed by atoms with van der Waals surface area (Å²) in [5.74, 6) is -2.32. The molecule has 2 aromatic heterocycles. The van der Waals surface area contributed by atoms with Crippen LogP contribution < -0.4 is 5.32 Å². The van der Waals surface area contributed by atoms with Gasteiger partial charge >= 0.3 is 0 Å². The van der Waals surface area contributed by atoms with Crippen molar-refractivity contribution in [2.24, 2.45) is 0 Å². The number of amides is 1. The third-order valence-electron chi connectivity index (χ3n) is 5.94. The molecule has 0 atom stereocenters. The van der Waals surface area contributed by atoms with Gasteiger partial charge in [0.1, 0.15) is 0 Å². The van der Waals surface area contributed by atoms with Gasteiger partial charge in [-0.25, -0.2) is 8.78 Å². The highest BCUT2D eigenvalue weighted by molar-refractivity contribution is 6.13. The number of anilines is 1. The number of halogens is 2. The lowest BCUT2D eigenvalue weighted by molar-refractivity contribution is 0.102. The van der Waals surface area contributed by atoms with Gasteiger partial charge < -0.3 is 5.32 Å². The van der Waals surface area contributed by atoms with Gasteiger partial charge in [0.25, 0.3) is 5.91 Å². The van der Waals surface area contributed by atoms with Crippen molar-refractivity contribution in [1.29, 1.82) is 0 Å². The van der Waals surface area contributed by atoms with Crippen molar-refractivity contribution in [1.82, 2.24) is 14.9 Å². The van der Waals surface area contributed by atoms with Gasteiger partial charge in [-0.15, -0.1) is 0 Å². The second-order valence-corrected chi connectivity index (χ2v) is 8.11. The fourth-order valence-corrected chi connectivity index (χ4v) is 4.28. The van der Waals surface area contributed by atoms with E-state index >= 15 is 0 Å². The van der Waals surface area contributed by atoms with Crippen molar-refractivity contribution >= 4 is 22.5 Å². The number of carbonyl (C=O) groups excluding carboxylic acids is 1. The van der Waals surface area contributed by atoms with Gasteiger partial charge in [-0.3, -0.25) is 19.7 Å². The molecule has 1 aliphatic rings. The molecule has 1 N–H and O–H groups in total. The Morgan fingerprint density at radius 1 is 1.03 bits per heavy atom. The maximum atomic E-state index is 13.7. The minimum Gasteiger partial charge on any atom is -0.322 e. The van der Waals surface area contributed by atoms with Gasteiger partial charge in [0.2, 0.25) is 0 Å². The Labute approximate surface area is 190 Å². The second-order valence-electron chi connectivity index (χ2n) is 8.11. The van der Waals surface area contributed by atoms with Crippen LogP contribution in [0.1, 0.15) is 27.3 Å². The van der Waals surface area contributed by atoms with E-state index in [1.165, 1.54) is 6.07 Å². The maximum Gasteiger partial charge on any atom is 0.256 e. The van der Waals surface area contributed by atoms with E-state index in [-0.39, 0.29) is 11.6 Å². The summed E-state index contributed by atoms with van der Waals surface area (Å²) in [7, 11) is 0. The smallest absolute Gasteiger partial charge is 0.256 e. The molecule has 0 radical (unpaired) electrons. The molecule has 33 heavy (non-hydrogen) atoms. The van der Waals surface area contributed by atoms with Crippen LogP contribution in [0.25, 0.3) is 10.9 Å². The summed E-state index contributed by atoms with van der Waals surface area (Å²) in [6, 6.07) is 16.7. The standard InChI is InChI=1S/C26H22F2N4O/c27-21-9-8-18(15-22(21)28)30-26(33)25-19-6-1-2-7-23(19)31-24-11-14-32(16-20(24)25)13-10-17-5-3-4-12-29-17/h1-9,12,15H,10-11,13-14,16H2,(H,30,33). The number of para-hydroxylation sites is 1. The molecule has 0 unspecified atom stereocenters. The molecule has 5 rings (SSSR count). The molecule has 4 aromatic rings. The highest BCUT2D eigenvalue weighted by Gasteiger charge is 2.26. The summed E-state index contributed by atoms with van der Waals surface area (Å²) in [5.41, 5.74) is 4.28. The summed E-state index contributed by atoms with van der Waals surface area (Å²) in [5, 5.41) is 3.48. The topological polar surface area (TPSA) is 58.1 Å². The van der Waals surface area contributed by atoms with Crippen LogP contribution in [0, 0.1) is 11.6 Å². The molecule has 7 heteroatoms. The molecular formula is C26H22F2N4O. The Hall–Kier alpha value is -3.71. The molecule has 3 heterocycles. The van der Waals surface area contributed by atoms with Crippen molar-refractivity contribution in [2.45, 2.75) is 19.4 Å². The summed E-state index contributed by atoms with van der Waals surface area (Å²) < 4.78 is 27.0. The zero-order valence-corrected chi connectivity index (χ0v) is 17.9. The van der Waals surface area contributed by atoms with E-state index in [1.807, 2.05) is 42.5 Å². The van der Waals surface area contributed by atoms with E-state index in [9.17, 15) is 13.6 Å². The first-order valence-electron chi connectivity index (χ1n) is 10.9. The van der Waals surface area contributed by atoms with Crippen LogP contribution in [0.15, 0.2) is 66.9 Å². The fourth-order valence-electron chi connectivity index (χ4n) is 4.28. The molecule has 0 aliphatic carbocycles. The number of aromatic nitrogens is 2. The molecule has 0 saturated carbocycles. The summed E-state index contributed by atoms with van der Waals surface area (Å²) in [6.45, 7) is 2.24. The third-order valence-corrected chi connectivity index (χ3v) is 5.94. The number of benzene rings is 2. The fraction of sp³-hybridized carbons (Fsp3) is 0.192. The Bertz CT molecular complexity index is 1330. The SMILES string of the molecule is O=C(Nc1ccc(F)c(F)c1)c1c2c(nc3ccccc13)CCN(CCc1ccccn1)C2. The van der Waals surface area contributed by atoms with Gasteiger partial charge in [-0.1, -0.05) is 24.3 Å². The van der Waals surface area contributed by atoms with E-state index in [2.05, 4.69) is 15.2 Å². The number of carbonyl (C=O) groups is 1. The van der Waals surface area contributed by atoms with E-state index in [1.54, 1.807) is 6.20 Å². The molecule has 5 nitrogen and oxygen atoms in total. The van der Waals surface area contributed by atoms with Crippen molar-refractivity contribution in [3.63, 3.8) is 0 Å². The first-order chi connectivity index (χ1) is 16.1. The first-order valence-corrected chi connectivity index (χ1v) is 10.9. The number of hydrogen-bond donors (Lipinski definition) is 1. The van der Waals surface area contributed by atoms with E-state index < -0.39 is 11.6 Å². The number of hydrogen-bond acceptors (Lipinski definition) is 4. The number of nitrogens with one attached hydrogen (secondary N) is 1. The normalized spacial score (nSPS) is 13.6. The average molecular weight is 444 g/mol. The Kier molecular flexibility index (Phi) is 5.79. The van der Waals surface area contributed by atoms with E-state index in [4.69, 9.17) is 4.98 Å². The molecule has 0 bridgehead atoms. The van der Waals surface area contributed by atoms with Crippen molar-refractivity contribution in [3.05, 3.63) is 101 Å². The predicted molar refractivity (Wildman–Crippen MR) is 123 cm³/mol. The zero-order valence-electron chi connectivity index (χ0n) is 17.9. The van der Waals surface area contributed by atoms with Crippen molar-refractivity contribution in [2.75, 3.05) is 18.4 Å². The van der Waals surface area contributed by atoms with Crippen LogP contribution >= 0.6 is 0 Å². The zero-order chi connectivity index (χ0) is 22.8. The summed E-state index contributed by atoms with van der Waals surface area (Å²) >= 11 is 0. The van der Waals surface area contributed by atoms with Gasteiger partial charge in [0, 0.05) is 72.8 Å². The van der Waals surface area contributed by atoms with E-state index in [0.29, 0.717) is 12.1 Å². The van der Waals surface area contributed by atoms with Crippen LogP contribution in [0.4, 0.5) is 14.5 Å². The van der Waals surface area contributed by atoms with Gasteiger partial charge in [0.05, 0.1) is 11.1 Å². The summed E-state index contributed by atoms with van der Waals surface area (Å²) in [6.07, 6.45) is 3.33. The predicted octanol–water partition coefficient (Wildman–Crippen LogP) is 4.76. The van der Waals surface area contributed by atoms with Crippen molar-refractivity contribution < 1.29 is 13.6 Å². The van der Waals surface area contributed by atoms with Gasteiger partial charge in [0.15, 0.2) is 11.6 Å².